The minimum Gasteiger partial charge on any atom is -0.481 e. The molecule has 0 heterocycles. The average molecular weight is 279 g/mol. The fourth-order valence-electron chi connectivity index (χ4n) is 1.06. The smallest absolute Gasteiger partial charge is 0.304 e. The lowest BCUT2D eigenvalue weighted by Gasteiger charge is -2.09. The summed E-state index contributed by atoms with van der Waals surface area (Å²) in [4.78, 5) is 10.3. The fourth-order valence-corrected chi connectivity index (χ4v) is 2.33. The number of benzene rings is 1. The SMILES string of the molecule is Nc1ccc(Cl)c(NS(=O)(=O)CCC(=O)O)c1. The zero-order chi connectivity index (χ0) is 13.1. The predicted octanol–water partition coefficient (Wildman–Crippen LogP) is 1.14. The maximum absolute atomic E-state index is 11.5. The number of anilines is 2. The second-order valence-electron chi connectivity index (χ2n) is 3.30. The normalized spacial score (nSPS) is 11.1. The van der Waals surface area contributed by atoms with E-state index in [1.54, 1.807) is 0 Å². The summed E-state index contributed by atoms with van der Waals surface area (Å²) in [5.74, 6) is -1.71. The van der Waals surface area contributed by atoms with Crippen molar-refractivity contribution in [3.63, 3.8) is 0 Å². The van der Waals surface area contributed by atoms with Crippen molar-refractivity contribution in [2.45, 2.75) is 6.42 Å². The van der Waals surface area contributed by atoms with Gasteiger partial charge in [-0.3, -0.25) is 9.52 Å². The van der Waals surface area contributed by atoms with Crippen molar-refractivity contribution >= 4 is 39.0 Å². The highest BCUT2D eigenvalue weighted by Gasteiger charge is 2.14. The average Bonchev–Trinajstić information content (AvgIpc) is 2.20. The molecule has 0 radical (unpaired) electrons. The van der Waals surface area contributed by atoms with Gasteiger partial charge in [-0.2, -0.15) is 0 Å². The molecule has 0 amide bonds. The Morgan fingerprint density at radius 3 is 2.71 bits per heavy atom. The van der Waals surface area contributed by atoms with E-state index in [0.29, 0.717) is 5.69 Å². The van der Waals surface area contributed by atoms with Gasteiger partial charge in [0.1, 0.15) is 0 Å². The minimum atomic E-state index is -3.74. The number of aliphatic carboxylic acids is 1. The standard InChI is InChI=1S/C9H11ClN2O4S/c10-7-2-1-6(11)5-8(7)12-17(15,16)4-3-9(13)14/h1-2,5,12H,3-4,11H2,(H,13,14). The first kappa shape index (κ1) is 13.6. The summed E-state index contributed by atoms with van der Waals surface area (Å²) in [6.45, 7) is 0. The topological polar surface area (TPSA) is 109 Å². The number of sulfonamides is 1. The van der Waals surface area contributed by atoms with Gasteiger partial charge in [0.25, 0.3) is 0 Å². The van der Waals surface area contributed by atoms with Gasteiger partial charge in [0.05, 0.1) is 22.9 Å². The molecule has 94 valence electrons. The van der Waals surface area contributed by atoms with E-state index in [1.165, 1.54) is 18.2 Å². The zero-order valence-corrected chi connectivity index (χ0v) is 10.3. The molecular weight excluding hydrogens is 268 g/mol. The van der Waals surface area contributed by atoms with Gasteiger partial charge < -0.3 is 10.8 Å². The number of halogens is 1. The van der Waals surface area contributed by atoms with Crippen LogP contribution in [0.5, 0.6) is 0 Å². The van der Waals surface area contributed by atoms with Gasteiger partial charge in [0.15, 0.2) is 0 Å². The van der Waals surface area contributed by atoms with Gasteiger partial charge in [0.2, 0.25) is 10.0 Å². The quantitative estimate of drug-likeness (QED) is 0.700. The first-order chi connectivity index (χ1) is 7.80. The molecule has 1 rings (SSSR count). The van der Waals surface area contributed by atoms with Crippen molar-refractivity contribution in [2.75, 3.05) is 16.2 Å². The molecule has 0 aliphatic heterocycles. The number of carbonyl (C=O) groups is 1. The molecule has 0 saturated carbocycles. The molecule has 0 bridgehead atoms. The van der Waals surface area contributed by atoms with Crippen molar-refractivity contribution in [1.29, 1.82) is 0 Å². The molecule has 4 N–H and O–H groups in total. The molecule has 0 fully saturated rings. The molecule has 0 atom stereocenters. The lowest BCUT2D eigenvalue weighted by molar-refractivity contribution is -0.136. The fraction of sp³-hybridized carbons (Fsp3) is 0.222. The Bertz CT molecular complexity index is 530. The van der Waals surface area contributed by atoms with Crippen LogP contribution < -0.4 is 10.5 Å². The van der Waals surface area contributed by atoms with E-state index in [-0.39, 0.29) is 10.7 Å². The van der Waals surface area contributed by atoms with E-state index in [4.69, 9.17) is 22.4 Å². The van der Waals surface area contributed by atoms with Crippen LogP contribution in [0.15, 0.2) is 18.2 Å². The maximum atomic E-state index is 11.5. The van der Waals surface area contributed by atoms with E-state index in [9.17, 15) is 13.2 Å². The van der Waals surface area contributed by atoms with Crippen LogP contribution in [0.25, 0.3) is 0 Å². The number of hydrogen-bond acceptors (Lipinski definition) is 4. The summed E-state index contributed by atoms with van der Waals surface area (Å²) < 4.78 is 25.2. The molecular formula is C9H11ClN2O4S. The van der Waals surface area contributed by atoms with E-state index < -0.39 is 28.2 Å². The maximum Gasteiger partial charge on any atom is 0.304 e. The predicted molar refractivity (Wildman–Crippen MR) is 65.5 cm³/mol. The van der Waals surface area contributed by atoms with E-state index in [1.807, 2.05) is 0 Å². The monoisotopic (exact) mass is 278 g/mol. The highest BCUT2D eigenvalue weighted by Crippen LogP contribution is 2.25. The Kier molecular flexibility index (Phi) is 4.19. The van der Waals surface area contributed by atoms with Gasteiger partial charge in [-0.15, -0.1) is 0 Å². The third kappa shape index (κ3) is 4.49. The van der Waals surface area contributed by atoms with Crippen LogP contribution >= 0.6 is 11.6 Å². The molecule has 0 aromatic heterocycles. The Hall–Kier alpha value is -1.47. The van der Waals surface area contributed by atoms with Crippen LogP contribution in [0.4, 0.5) is 11.4 Å². The molecule has 17 heavy (non-hydrogen) atoms. The molecule has 8 heteroatoms. The number of carboxylic acids is 1. The first-order valence-electron chi connectivity index (χ1n) is 4.57. The van der Waals surface area contributed by atoms with Crippen molar-refractivity contribution in [2.24, 2.45) is 0 Å². The van der Waals surface area contributed by atoms with Crippen LogP contribution in [0.2, 0.25) is 5.02 Å². The van der Waals surface area contributed by atoms with Crippen molar-refractivity contribution in [3.8, 4) is 0 Å². The van der Waals surface area contributed by atoms with E-state index in [2.05, 4.69) is 4.72 Å². The number of rotatable bonds is 5. The molecule has 6 nitrogen and oxygen atoms in total. The van der Waals surface area contributed by atoms with E-state index >= 15 is 0 Å². The molecule has 1 aromatic carbocycles. The summed E-state index contributed by atoms with van der Waals surface area (Å²) in [5.41, 5.74) is 5.97. The highest BCUT2D eigenvalue weighted by molar-refractivity contribution is 7.92. The number of hydrogen-bond donors (Lipinski definition) is 3. The number of carboxylic acid groups (broad SMARTS) is 1. The minimum absolute atomic E-state index is 0.136. The van der Waals surface area contributed by atoms with Gasteiger partial charge >= 0.3 is 5.97 Å². The van der Waals surface area contributed by atoms with Crippen LogP contribution in [0.1, 0.15) is 6.42 Å². The molecule has 0 spiro atoms. The summed E-state index contributed by atoms with van der Waals surface area (Å²) in [7, 11) is -3.74. The zero-order valence-electron chi connectivity index (χ0n) is 8.68. The summed E-state index contributed by atoms with van der Waals surface area (Å²) in [5, 5.41) is 8.60. The molecule has 0 saturated heterocycles. The largest absolute Gasteiger partial charge is 0.481 e. The van der Waals surface area contributed by atoms with Crippen LogP contribution in [-0.4, -0.2) is 25.2 Å². The van der Waals surface area contributed by atoms with Crippen molar-refractivity contribution in [3.05, 3.63) is 23.2 Å². The molecule has 0 aliphatic carbocycles. The Balaban J connectivity index is 2.83. The van der Waals surface area contributed by atoms with E-state index in [0.717, 1.165) is 0 Å². The van der Waals surface area contributed by atoms with Crippen molar-refractivity contribution < 1.29 is 18.3 Å². The number of nitrogens with two attached hydrogens (primary N) is 1. The third-order valence-electron chi connectivity index (χ3n) is 1.84. The summed E-state index contributed by atoms with van der Waals surface area (Å²) in [6, 6.07) is 4.34. The Labute approximate surface area is 103 Å². The lowest BCUT2D eigenvalue weighted by atomic mass is 10.3. The highest BCUT2D eigenvalue weighted by atomic mass is 35.5. The van der Waals surface area contributed by atoms with Gasteiger partial charge in [0, 0.05) is 5.69 Å². The summed E-state index contributed by atoms with van der Waals surface area (Å²) in [6.07, 6.45) is -0.477. The Morgan fingerprint density at radius 1 is 1.47 bits per heavy atom. The van der Waals surface area contributed by atoms with Gasteiger partial charge in [-0.25, -0.2) is 8.42 Å². The first-order valence-corrected chi connectivity index (χ1v) is 6.60. The summed E-state index contributed by atoms with van der Waals surface area (Å²) >= 11 is 5.77. The molecule has 1 aromatic rings. The molecule has 0 unspecified atom stereocenters. The van der Waals surface area contributed by atoms with Crippen LogP contribution in [-0.2, 0) is 14.8 Å². The second kappa shape index (κ2) is 5.24. The van der Waals surface area contributed by atoms with Crippen LogP contribution in [0.3, 0.4) is 0 Å². The Morgan fingerprint density at radius 2 is 2.12 bits per heavy atom. The van der Waals surface area contributed by atoms with Crippen molar-refractivity contribution in [1.82, 2.24) is 0 Å². The number of nitrogens with one attached hydrogen (secondary N) is 1. The van der Waals surface area contributed by atoms with Gasteiger partial charge in [-0.1, -0.05) is 11.6 Å². The second-order valence-corrected chi connectivity index (χ2v) is 5.55. The number of nitrogen functional groups attached to an aromatic ring is 1. The van der Waals surface area contributed by atoms with Crippen LogP contribution in [0, 0.1) is 0 Å². The molecule has 0 aliphatic rings. The third-order valence-corrected chi connectivity index (χ3v) is 3.44. The lowest BCUT2D eigenvalue weighted by Crippen LogP contribution is -2.19. The van der Waals surface area contributed by atoms with Gasteiger partial charge in [-0.05, 0) is 18.2 Å².